The smallest absolute Gasteiger partial charge is 0.136 e. The first-order valence-corrected chi connectivity index (χ1v) is 8.52. The van der Waals surface area contributed by atoms with Gasteiger partial charge in [-0.25, -0.2) is 0 Å². The van der Waals surface area contributed by atoms with E-state index in [9.17, 15) is 4.79 Å². The first kappa shape index (κ1) is 14.8. The van der Waals surface area contributed by atoms with Gasteiger partial charge in [0.25, 0.3) is 0 Å². The highest BCUT2D eigenvalue weighted by atomic mass is 16.5. The first-order valence-electron chi connectivity index (χ1n) is 8.52. The molecule has 0 aromatic heterocycles. The summed E-state index contributed by atoms with van der Waals surface area (Å²) in [5, 5.41) is 0. The van der Waals surface area contributed by atoms with E-state index < -0.39 is 0 Å². The fourth-order valence-corrected chi connectivity index (χ4v) is 3.88. The van der Waals surface area contributed by atoms with Crippen LogP contribution in [0.4, 0.5) is 0 Å². The fraction of sp³-hybridized carbons (Fsp3) is 0.632. The first-order chi connectivity index (χ1) is 10.3. The van der Waals surface area contributed by atoms with Crippen molar-refractivity contribution in [1.29, 1.82) is 0 Å². The van der Waals surface area contributed by atoms with E-state index in [-0.39, 0.29) is 5.92 Å². The third-order valence-electron chi connectivity index (χ3n) is 5.14. The molecule has 1 aromatic carbocycles. The zero-order valence-corrected chi connectivity index (χ0v) is 12.8. The van der Waals surface area contributed by atoms with Gasteiger partial charge in [0, 0.05) is 18.9 Å². The van der Waals surface area contributed by atoms with Crippen molar-refractivity contribution in [2.45, 2.75) is 63.4 Å². The summed E-state index contributed by atoms with van der Waals surface area (Å²) >= 11 is 0. The van der Waals surface area contributed by atoms with Gasteiger partial charge in [-0.05, 0) is 50.0 Å². The van der Waals surface area contributed by atoms with Gasteiger partial charge in [-0.1, -0.05) is 36.8 Å². The number of rotatable bonds is 5. The quantitative estimate of drug-likeness (QED) is 0.797. The molecule has 0 radical (unpaired) electrons. The molecular weight excluding hydrogens is 260 g/mol. The van der Waals surface area contributed by atoms with Crippen LogP contribution in [0.1, 0.15) is 62.8 Å². The summed E-state index contributed by atoms with van der Waals surface area (Å²) in [6, 6.07) is 10.7. The molecule has 1 aromatic rings. The number of benzene rings is 1. The molecule has 2 aliphatic rings. The summed E-state index contributed by atoms with van der Waals surface area (Å²) in [4.78, 5) is 12.2. The maximum Gasteiger partial charge on any atom is 0.136 e. The Morgan fingerprint density at radius 2 is 1.95 bits per heavy atom. The lowest BCUT2D eigenvalue weighted by molar-refractivity contribution is -0.125. The Kier molecular flexibility index (Phi) is 5.08. The Morgan fingerprint density at radius 1 is 1.10 bits per heavy atom. The number of hydrogen-bond acceptors (Lipinski definition) is 2. The summed E-state index contributed by atoms with van der Waals surface area (Å²) in [6.07, 6.45) is 9.08. The monoisotopic (exact) mass is 286 g/mol. The van der Waals surface area contributed by atoms with Crippen molar-refractivity contribution in [3.8, 4) is 0 Å². The van der Waals surface area contributed by atoms with Crippen molar-refractivity contribution in [2.75, 3.05) is 6.61 Å². The molecule has 114 valence electrons. The highest BCUT2D eigenvalue weighted by Gasteiger charge is 2.29. The molecule has 1 saturated carbocycles. The second kappa shape index (κ2) is 7.22. The van der Waals surface area contributed by atoms with E-state index in [0.29, 0.717) is 17.8 Å². The van der Waals surface area contributed by atoms with E-state index in [0.717, 1.165) is 45.1 Å². The predicted molar refractivity (Wildman–Crippen MR) is 84.4 cm³/mol. The zero-order valence-electron chi connectivity index (χ0n) is 12.8. The Labute approximate surface area is 127 Å². The minimum atomic E-state index is 0.283. The van der Waals surface area contributed by atoms with Crippen LogP contribution in [0, 0.1) is 5.92 Å². The van der Waals surface area contributed by atoms with Crippen LogP contribution in [0.25, 0.3) is 0 Å². The predicted octanol–water partition coefficient (Wildman–Crippen LogP) is 4.49. The Balaban J connectivity index is 1.50. The third-order valence-corrected chi connectivity index (χ3v) is 5.14. The third kappa shape index (κ3) is 3.94. The minimum Gasteiger partial charge on any atom is -0.378 e. The molecule has 2 fully saturated rings. The van der Waals surface area contributed by atoms with Gasteiger partial charge >= 0.3 is 0 Å². The zero-order chi connectivity index (χ0) is 14.5. The SMILES string of the molecule is O=C1CCC(c2ccccc2)CC1CCCC1CCCO1. The van der Waals surface area contributed by atoms with Crippen LogP contribution in [0.15, 0.2) is 30.3 Å². The summed E-state index contributed by atoms with van der Waals surface area (Å²) < 4.78 is 5.67. The lowest BCUT2D eigenvalue weighted by Gasteiger charge is -2.28. The number of ether oxygens (including phenoxy) is 1. The molecule has 2 nitrogen and oxygen atoms in total. The highest BCUT2D eigenvalue weighted by Crippen LogP contribution is 2.36. The molecule has 0 bridgehead atoms. The van der Waals surface area contributed by atoms with E-state index in [2.05, 4.69) is 30.3 Å². The topological polar surface area (TPSA) is 26.3 Å². The largest absolute Gasteiger partial charge is 0.378 e. The fourth-order valence-electron chi connectivity index (χ4n) is 3.88. The van der Waals surface area contributed by atoms with Crippen LogP contribution in [0.3, 0.4) is 0 Å². The van der Waals surface area contributed by atoms with Gasteiger partial charge in [0.15, 0.2) is 0 Å². The van der Waals surface area contributed by atoms with E-state index in [1.165, 1.54) is 18.4 Å². The van der Waals surface area contributed by atoms with Gasteiger partial charge in [0.2, 0.25) is 0 Å². The summed E-state index contributed by atoms with van der Waals surface area (Å²) in [7, 11) is 0. The molecule has 1 aliphatic heterocycles. The van der Waals surface area contributed by atoms with Crippen molar-refractivity contribution < 1.29 is 9.53 Å². The minimum absolute atomic E-state index is 0.283. The van der Waals surface area contributed by atoms with Gasteiger partial charge in [-0.2, -0.15) is 0 Å². The normalized spacial score (nSPS) is 29.7. The van der Waals surface area contributed by atoms with Crippen LogP contribution in [-0.4, -0.2) is 18.5 Å². The molecule has 3 rings (SSSR count). The van der Waals surface area contributed by atoms with Gasteiger partial charge in [0.05, 0.1) is 6.10 Å². The number of carbonyl (C=O) groups excluding carboxylic acids is 1. The van der Waals surface area contributed by atoms with Crippen LogP contribution >= 0.6 is 0 Å². The standard InChI is InChI=1S/C19H26O2/c20-19-12-11-16(15-6-2-1-3-7-15)14-17(19)8-4-9-18-10-5-13-21-18/h1-3,6-7,16-18H,4-5,8-14H2. The van der Waals surface area contributed by atoms with Crippen molar-refractivity contribution in [1.82, 2.24) is 0 Å². The molecule has 2 heteroatoms. The summed E-state index contributed by atoms with van der Waals surface area (Å²) in [6.45, 7) is 0.934. The molecule has 3 atom stereocenters. The lowest BCUT2D eigenvalue weighted by atomic mass is 9.75. The highest BCUT2D eigenvalue weighted by molar-refractivity contribution is 5.82. The number of carbonyl (C=O) groups is 1. The maximum absolute atomic E-state index is 12.2. The van der Waals surface area contributed by atoms with Crippen molar-refractivity contribution in [3.63, 3.8) is 0 Å². The van der Waals surface area contributed by atoms with E-state index >= 15 is 0 Å². The maximum atomic E-state index is 12.2. The van der Waals surface area contributed by atoms with Gasteiger partial charge in [-0.15, -0.1) is 0 Å². The molecule has 1 heterocycles. The Hall–Kier alpha value is -1.15. The number of hydrogen-bond donors (Lipinski definition) is 0. The second-order valence-electron chi connectivity index (χ2n) is 6.61. The van der Waals surface area contributed by atoms with Crippen molar-refractivity contribution >= 4 is 5.78 Å². The van der Waals surface area contributed by atoms with Crippen LogP contribution in [-0.2, 0) is 9.53 Å². The Bertz CT molecular complexity index is 448. The van der Waals surface area contributed by atoms with E-state index in [1.807, 2.05) is 0 Å². The van der Waals surface area contributed by atoms with Gasteiger partial charge in [-0.3, -0.25) is 4.79 Å². The average molecular weight is 286 g/mol. The van der Waals surface area contributed by atoms with Gasteiger partial charge < -0.3 is 4.74 Å². The second-order valence-corrected chi connectivity index (χ2v) is 6.61. The number of ketones is 1. The summed E-state index contributed by atoms with van der Waals surface area (Å²) in [5.74, 6) is 1.36. The van der Waals surface area contributed by atoms with Crippen LogP contribution < -0.4 is 0 Å². The molecule has 1 aliphatic carbocycles. The number of Topliss-reactive ketones (excluding diaryl/α,β-unsaturated/α-hetero) is 1. The van der Waals surface area contributed by atoms with Gasteiger partial charge in [0.1, 0.15) is 5.78 Å². The Morgan fingerprint density at radius 3 is 2.71 bits per heavy atom. The van der Waals surface area contributed by atoms with E-state index in [1.54, 1.807) is 0 Å². The molecule has 0 amide bonds. The molecule has 0 N–H and O–H groups in total. The molecule has 1 saturated heterocycles. The summed E-state index contributed by atoms with van der Waals surface area (Å²) in [5.41, 5.74) is 1.41. The molecule has 21 heavy (non-hydrogen) atoms. The van der Waals surface area contributed by atoms with Crippen LogP contribution in [0.2, 0.25) is 0 Å². The van der Waals surface area contributed by atoms with Crippen molar-refractivity contribution in [2.24, 2.45) is 5.92 Å². The molecule has 3 unspecified atom stereocenters. The lowest BCUT2D eigenvalue weighted by Crippen LogP contribution is -2.24. The average Bonchev–Trinajstić information content (AvgIpc) is 3.03. The van der Waals surface area contributed by atoms with Crippen LogP contribution in [0.5, 0.6) is 0 Å². The van der Waals surface area contributed by atoms with Crippen molar-refractivity contribution in [3.05, 3.63) is 35.9 Å². The molecular formula is C19H26O2. The van der Waals surface area contributed by atoms with E-state index in [4.69, 9.17) is 4.74 Å². The molecule has 0 spiro atoms.